The molecule has 0 aromatic carbocycles. The molecule has 4 nitrogen and oxygen atoms in total. The van der Waals surface area contributed by atoms with Crippen LogP contribution in [0.5, 0.6) is 0 Å². The first-order valence-electron chi connectivity index (χ1n) is 6.61. The lowest BCUT2D eigenvalue weighted by molar-refractivity contribution is -0.121. The molecule has 1 saturated carbocycles. The summed E-state index contributed by atoms with van der Waals surface area (Å²) in [5.74, 6) is 0.733. The average Bonchev–Trinajstić information content (AvgIpc) is 2.69. The highest BCUT2D eigenvalue weighted by Crippen LogP contribution is 2.24. The number of nitrogens with zero attached hydrogens (tertiary/aromatic N) is 1. The number of likely N-dealkylation sites (N-methyl/N-ethyl adjacent to an activating group) is 1. The van der Waals surface area contributed by atoms with Crippen LogP contribution in [0.2, 0.25) is 0 Å². The molecule has 1 N–H and O–H groups in total. The molecule has 0 aliphatic heterocycles. The van der Waals surface area contributed by atoms with E-state index in [-0.39, 0.29) is 11.8 Å². The molecular weight excluding hydrogens is 216 g/mol. The van der Waals surface area contributed by atoms with Gasteiger partial charge in [0.1, 0.15) is 5.78 Å². The fraction of sp³-hybridized carbons (Fsp3) is 0.846. The molecule has 17 heavy (non-hydrogen) atoms. The number of ketones is 1. The van der Waals surface area contributed by atoms with Crippen LogP contribution in [0, 0.1) is 5.92 Å². The molecule has 0 aromatic heterocycles. The molecule has 0 saturated heterocycles. The first kappa shape index (κ1) is 14.2. The Morgan fingerprint density at radius 2 is 2.29 bits per heavy atom. The molecule has 1 aliphatic rings. The van der Waals surface area contributed by atoms with Crippen molar-refractivity contribution in [3.8, 4) is 0 Å². The molecule has 1 rings (SSSR count). The van der Waals surface area contributed by atoms with Gasteiger partial charge in [-0.1, -0.05) is 6.92 Å². The van der Waals surface area contributed by atoms with E-state index < -0.39 is 0 Å². The largest absolute Gasteiger partial charge is 0.355 e. The van der Waals surface area contributed by atoms with E-state index in [0.717, 1.165) is 45.2 Å². The van der Waals surface area contributed by atoms with Gasteiger partial charge in [0.15, 0.2) is 0 Å². The minimum absolute atomic E-state index is 0.0760. The second-order valence-electron chi connectivity index (χ2n) is 4.93. The van der Waals surface area contributed by atoms with Gasteiger partial charge in [0.25, 0.3) is 0 Å². The summed E-state index contributed by atoms with van der Waals surface area (Å²) in [7, 11) is 1.94. The summed E-state index contributed by atoms with van der Waals surface area (Å²) >= 11 is 0. The molecule has 0 heterocycles. The maximum absolute atomic E-state index is 11.5. The van der Waals surface area contributed by atoms with Crippen molar-refractivity contribution in [2.75, 3.05) is 26.7 Å². The van der Waals surface area contributed by atoms with Gasteiger partial charge in [-0.25, -0.2) is 0 Å². The molecule has 1 unspecified atom stereocenters. The molecule has 1 aliphatic carbocycles. The standard InChI is InChI=1S/C13H24N2O2/c1-3-8-14-13(17)10-15(2)9-7-11-5-4-6-12(11)16/h11H,3-10H2,1-2H3,(H,14,17). The zero-order valence-corrected chi connectivity index (χ0v) is 11.0. The Balaban J connectivity index is 2.14. The van der Waals surface area contributed by atoms with Crippen molar-refractivity contribution in [2.45, 2.75) is 39.0 Å². The molecule has 1 atom stereocenters. The maximum atomic E-state index is 11.5. The third kappa shape index (κ3) is 5.31. The van der Waals surface area contributed by atoms with Gasteiger partial charge in [-0.3, -0.25) is 14.5 Å². The van der Waals surface area contributed by atoms with Gasteiger partial charge in [-0.2, -0.15) is 0 Å². The molecule has 0 bridgehead atoms. The van der Waals surface area contributed by atoms with Crippen LogP contribution in [0.4, 0.5) is 0 Å². The predicted octanol–water partition coefficient (Wildman–Crippen LogP) is 1.20. The zero-order valence-electron chi connectivity index (χ0n) is 11.0. The summed E-state index contributed by atoms with van der Waals surface area (Å²) < 4.78 is 0. The van der Waals surface area contributed by atoms with Crippen molar-refractivity contribution in [1.29, 1.82) is 0 Å². The fourth-order valence-electron chi connectivity index (χ4n) is 2.21. The lowest BCUT2D eigenvalue weighted by Crippen LogP contribution is -2.36. The predicted molar refractivity (Wildman–Crippen MR) is 67.8 cm³/mol. The number of carbonyl (C=O) groups excluding carboxylic acids is 2. The quantitative estimate of drug-likeness (QED) is 0.727. The van der Waals surface area contributed by atoms with Crippen LogP contribution >= 0.6 is 0 Å². The summed E-state index contributed by atoms with van der Waals surface area (Å²) in [5, 5.41) is 2.85. The second kappa shape index (κ2) is 7.43. The van der Waals surface area contributed by atoms with Gasteiger partial charge in [0.2, 0.25) is 5.91 Å². The van der Waals surface area contributed by atoms with Gasteiger partial charge in [-0.15, -0.1) is 0 Å². The lowest BCUT2D eigenvalue weighted by Gasteiger charge is -2.17. The number of carbonyl (C=O) groups is 2. The zero-order chi connectivity index (χ0) is 12.7. The second-order valence-corrected chi connectivity index (χ2v) is 4.93. The smallest absolute Gasteiger partial charge is 0.234 e. The summed E-state index contributed by atoms with van der Waals surface area (Å²) in [4.78, 5) is 24.9. The van der Waals surface area contributed by atoms with E-state index in [1.54, 1.807) is 0 Å². The van der Waals surface area contributed by atoms with Gasteiger partial charge in [-0.05, 0) is 39.3 Å². The van der Waals surface area contributed by atoms with Gasteiger partial charge in [0, 0.05) is 18.9 Å². The number of hydrogen-bond donors (Lipinski definition) is 1. The van der Waals surface area contributed by atoms with Crippen molar-refractivity contribution in [3.05, 3.63) is 0 Å². The van der Waals surface area contributed by atoms with E-state index in [1.165, 1.54) is 0 Å². The Kier molecular flexibility index (Phi) is 6.19. The number of rotatable bonds is 7. The normalized spacial score (nSPS) is 19.9. The van der Waals surface area contributed by atoms with E-state index >= 15 is 0 Å². The fourth-order valence-corrected chi connectivity index (χ4v) is 2.21. The molecule has 98 valence electrons. The molecule has 0 aromatic rings. The highest BCUT2D eigenvalue weighted by molar-refractivity contribution is 5.82. The van der Waals surface area contributed by atoms with Gasteiger partial charge in [0.05, 0.1) is 6.54 Å². The lowest BCUT2D eigenvalue weighted by atomic mass is 10.0. The SMILES string of the molecule is CCCNC(=O)CN(C)CCC1CCCC1=O. The van der Waals surface area contributed by atoms with Crippen LogP contribution in [-0.4, -0.2) is 43.3 Å². The summed E-state index contributed by atoms with van der Waals surface area (Å²) in [6, 6.07) is 0. The Morgan fingerprint density at radius 3 is 2.88 bits per heavy atom. The van der Waals surface area contributed by atoms with Crippen LogP contribution in [0.1, 0.15) is 39.0 Å². The Bertz CT molecular complexity index is 266. The number of amides is 1. The first-order chi connectivity index (χ1) is 8.13. The van der Waals surface area contributed by atoms with Crippen molar-refractivity contribution < 1.29 is 9.59 Å². The minimum Gasteiger partial charge on any atom is -0.355 e. The van der Waals surface area contributed by atoms with Crippen molar-refractivity contribution in [1.82, 2.24) is 10.2 Å². The van der Waals surface area contributed by atoms with Crippen LogP contribution in [0.25, 0.3) is 0 Å². The third-order valence-corrected chi connectivity index (χ3v) is 3.28. The molecule has 0 radical (unpaired) electrons. The summed E-state index contributed by atoms with van der Waals surface area (Å²) in [6.07, 6.45) is 4.70. The van der Waals surface area contributed by atoms with E-state index in [1.807, 2.05) is 18.9 Å². The summed E-state index contributed by atoms with van der Waals surface area (Å²) in [6.45, 7) is 4.04. The van der Waals surface area contributed by atoms with Gasteiger partial charge >= 0.3 is 0 Å². The molecule has 1 amide bonds. The van der Waals surface area contributed by atoms with E-state index in [4.69, 9.17) is 0 Å². The monoisotopic (exact) mass is 240 g/mol. The maximum Gasteiger partial charge on any atom is 0.234 e. The van der Waals surface area contributed by atoms with Crippen LogP contribution in [-0.2, 0) is 9.59 Å². The highest BCUT2D eigenvalue weighted by atomic mass is 16.2. The van der Waals surface area contributed by atoms with Crippen LogP contribution < -0.4 is 5.32 Å². The van der Waals surface area contributed by atoms with E-state index in [0.29, 0.717) is 12.3 Å². The van der Waals surface area contributed by atoms with E-state index in [9.17, 15) is 9.59 Å². The molecular formula is C13H24N2O2. The molecule has 4 heteroatoms. The number of nitrogens with one attached hydrogen (secondary N) is 1. The summed E-state index contributed by atoms with van der Waals surface area (Å²) in [5.41, 5.74) is 0. The molecule has 1 fully saturated rings. The Morgan fingerprint density at radius 1 is 1.53 bits per heavy atom. The Labute approximate surface area is 104 Å². The minimum atomic E-state index is 0.0760. The number of Topliss-reactive ketones (excluding diaryl/α,β-unsaturated/α-hetero) is 1. The highest BCUT2D eigenvalue weighted by Gasteiger charge is 2.24. The van der Waals surface area contributed by atoms with Crippen LogP contribution in [0.3, 0.4) is 0 Å². The topological polar surface area (TPSA) is 49.4 Å². The molecule has 0 spiro atoms. The average molecular weight is 240 g/mol. The first-order valence-corrected chi connectivity index (χ1v) is 6.61. The van der Waals surface area contributed by atoms with Gasteiger partial charge < -0.3 is 5.32 Å². The van der Waals surface area contributed by atoms with Crippen molar-refractivity contribution in [2.24, 2.45) is 5.92 Å². The van der Waals surface area contributed by atoms with Crippen molar-refractivity contribution in [3.63, 3.8) is 0 Å². The number of hydrogen-bond acceptors (Lipinski definition) is 3. The van der Waals surface area contributed by atoms with Crippen LogP contribution in [0.15, 0.2) is 0 Å². The van der Waals surface area contributed by atoms with E-state index in [2.05, 4.69) is 5.32 Å². The van der Waals surface area contributed by atoms with Crippen molar-refractivity contribution >= 4 is 11.7 Å². The third-order valence-electron chi connectivity index (χ3n) is 3.28. The Hall–Kier alpha value is -0.900.